The molecule has 0 unspecified atom stereocenters. The van der Waals surface area contributed by atoms with Gasteiger partial charge < -0.3 is 15.1 Å². The van der Waals surface area contributed by atoms with Gasteiger partial charge in [-0.05, 0) is 32.8 Å². The number of nitrogens with zero attached hydrogens (tertiary/aromatic N) is 3. The van der Waals surface area contributed by atoms with Gasteiger partial charge in [0.2, 0.25) is 5.89 Å². The van der Waals surface area contributed by atoms with Crippen molar-refractivity contribution in [3.8, 4) is 0 Å². The first kappa shape index (κ1) is 20.1. The molecule has 0 spiro atoms. The van der Waals surface area contributed by atoms with Crippen molar-refractivity contribution in [2.75, 3.05) is 6.54 Å². The van der Waals surface area contributed by atoms with E-state index < -0.39 is 0 Å². The Balaban J connectivity index is 1.53. The van der Waals surface area contributed by atoms with Crippen molar-refractivity contribution in [2.24, 2.45) is 4.99 Å². The Kier molecular flexibility index (Phi) is 7.19. The van der Waals surface area contributed by atoms with E-state index in [2.05, 4.69) is 50.3 Å². The minimum absolute atomic E-state index is 0.500. The molecule has 2 N–H and O–H groups in total. The van der Waals surface area contributed by atoms with Crippen LogP contribution >= 0.6 is 11.3 Å². The molecule has 0 saturated heterocycles. The van der Waals surface area contributed by atoms with Crippen LogP contribution in [-0.4, -0.2) is 22.5 Å². The van der Waals surface area contributed by atoms with Crippen LogP contribution in [0, 0.1) is 13.8 Å². The lowest BCUT2D eigenvalue weighted by Gasteiger charge is -2.09. The van der Waals surface area contributed by atoms with Gasteiger partial charge in [0.15, 0.2) is 5.96 Å². The van der Waals surface area contributed by atoms with Gasteiger partial charge in [-0.1, -0.05) is 30.3 Å². The van der Waals surface area contributed by atoms with E-state index in [1.807, 2.05) is 26.8 Å². The predicted octanol–water partition coefficient (Wildman–Crippen LogP) is 3.79. The minimum Gasteiger partial charge on any atom is -0.444 e. The number of nitrogens with one attached hydrogen (secondary N) is 2. The zero-order valence-electron chi connectivity index (χ0n) is 16.7. The first-order valence-electron chi connectivity index (χ1n) is 9.56. The number of aryl methyl sites for hydroxylation is 4. The van der Waals surface area contributed by atoms with E-state index in [1.54, 1.807) is 11.3 Å². The fraction of sp³-hybridized carbons (Fsp3) is 0.381. The number of guanidine groups is 1. The molecule has 7 heteroatoms. The number of hydrogen-bond donors (Lipinski definition) is 2. The van der Waals surface area contributed by atoms with Crippen LogP contribution in [0.5, 0.6) is 0 Å². The lowest BCUT2D eigenvalue weighted by atomic mass is 10.1. The fourth-order valence-corrected chi connectivity index (χ4v) is 3.50. The Hall–Kier alpha value is -2.67. The van der Waals surface area contributed by atoms with E-state index >= 15 is 0 Å². The van der Waals surface area contributed by atoms with Gasteiger partial charge in [-0.25, -0.2) is 15.0 Å². The van der Waals surface area contributed by atoms with Crippen LogP contribution in [-0.2, 0) is 25.9 Å². The van der Waals surface area contributed by atoms with Gasteiger partial charge in [-0.3, -0.25) is 0 Å². The quantitative estimate of drug-likeness (QED) is 0.447. The second-order valence-corrected chi connectivity index (χ2v) is 7.46. The van der Waals surface area contributed by atoms with Crippen LogP contribution in [0.25, 0.3) is 0 Å². The molecule has 3 rings (SSSR count). The maximum Gasteiger partial charge on any atom is 0.214 e. The molecule has 0 fully saturated rings. The molecule has 148 valence electrons. The molecule has 3 aromatic rings. The maximum absolute atomic E-state index is 5.61. The third-order valence-corrected chi connectivity index (χ3v) is 5.25. The van der Waals surface area contributed by atoms with Crippen molar-refractivity contribution < 1.29 is 4.42 Å². The standard InChI is InChI=1S/C21H27N5OS/c1-4-22-21(24-13-19-25-15(2)16(3)27-19)23-12-18-14-28-20(26-18)11-10-17-8-6-5-7-9-17/h5-9,14H,4,10-13H2,1-3H3,(H2,22,23,24). The maximum atomic E-state index is 5.61. The highest BCUT2D eigenvalue weighted by Crippen LogP contribution is 2.14. The lowest BCUT2D eigenvalue weighted by molar-refractivity contribution is 0.463. The van der Waals surface area contributed by atoms with Crippen LogP contribution in [0.4, 0.5) is 0 Å². The SMILES string of the molecule is CCNC(=NCc1csc(CCc2ccccc2)n1)NCc1nc(C)c(C)o1. The molecule has 0 saturated carbocycles. The largest absolute Gasteiger partial charge is 0.444 e. The van der Waals surface area contributed by atoms with E-state index in [1.165, 1.54) is 5.56 Å². The highest BCUT2D eigenvalue weighted by molar-refractivity contribution is 7.09. The molecular weight excluding hydrogens is 370 g/mol. The Labute approximate surface area is 170 Å². The van der Waals surface area contributed by atoms with Crippen molar-refractivity contribution >= 4 is 17.3 Å². The third kappa shape index (κ3) is 5.92. The van der Waals surface area contributed by atoms with Crippen molar-refractivity contribution in [2.45, 2.75) is 46.7 Å². The molecule has 28 heavy (non-hydrogen) atoms. The van der Waals surface area contributed by atoms with Gasteiger partial charge >= 0.3 is 0 Å². The van der Waals surface area contributed by atoms with Gasteiger partial charge in [0.1, 0.15) is 5.76 Å². The topological polar surface area (TPSA) is 75.3 Å². The number of hydrogen-bond acceptors (Lipinski definition) is 5. The summed E-state index contributed by atoms with van der Waals surface area (Å²) in [7, 11) is 0. The second kappa shape index (κ2) is 10.0. The number of aliphatic imine (C=N–C) groups is 1. The smallest absolute Gasteiger partial charge is 0.214 e. The molecule has 0 aliphatic carbocycles. The Morgan fingerprint density at radius 3 is 2.64 bits per heavy atom. The Morgan fingerprint density at radius 2 is 1.93 bits per heavy atom. The first-order chi connectivity index (χ1) is 13.6. The summed E-state index contributed by atoms with van der Waals surface area (Å²) < 4.78 is 5.61. The van der Waals surface area contributed by atoms with Gasteiger partial charge in [0.25, 0.3) is 0 Å². The van der Waals surface area contributed by atoms with E-state index in [9.17, 15) is 0 Å². The van der Waals surface area contributed by atoms with E-state index in [-0.39, 0.29) is 0 Å². The van der Waals surface area contributed by atoms with Crippen LogP contribution < -0.4 is 10.6 Å². The first-order valence-corrected chi connectivity index (χ1v) is 10.4. The minimum atomic E-state index is 0.500. The molecule has 1 aromatic carbocycles. The van der Waals surface area contributed by atoms with Crippen molar-refractivity contribution in [3.63, 3.8) is 0 Å². The van der Waals surface area contributed by atoms with E-state index in [0.29, 0.717) is 19.0 Å². The normalized spacial score (nSPS) is 11.6. The lowest BCUT2D eigenvalue weighted by Crippen LogP contribution is -2.36. The van der Waals surface area contributed by atoms with E-state index in [4.69, 9.17) is 9.40 Å². The van der Waals surface area contributed by atoms with Gasteiger partial charge in [0, 0.05) is 18.3 Å². The van der Waals surface area contributed by atoms with Crippen LogP contribution in [0.3, 0.4) is 0 Å². The summed E-state index contributed by atoms with van der Waals surface area (Å²) in [5.41, 5.74) is 3.25. The van der Waals surface area contributed by atoms with Gasteiger partial charge in [0.05, 0.1) is 29.5 Å². The molecule has 0 atom stereocenters. The molecular formula is C21H27N5OS. The second-order valence-electron chi connectivity index (χ2n) is 6.52. The average molecular weight is 398 g/mol. The summed E-state index contributed by atoms with van der Waals surface area (Å²) in [5.74, 6) is 2.25. The van der Waals surface area contributed by atoms with E-state index in [0.717, 1.165) is 47.5 Å². The monoisotopic (exact) mass is 397 g/mol. The van der Waals surface area contributed by atoms with Crippen LogP contribution in [0.15, 0.2) is 45.1 Å². The Bertz CT molecular complexity index is 881. The molecule has 0 aliphatic heterocycles. The third-order valence-electron chi connectivity index (χ3n) is 4.29. The zero-order chi connectivity index (χ0) is 19.8. The molecule has 0 amide bonds. The fourth-order valence-electron chi connectivity index (χ4n) is 2.71. The summed E-state index contributed by atoms with van der Waals surface area (Å²) in [4.78, 5) is 13.7. The molecule has 0 radical (unpaired) electrons. The van der Waals surface area contributed by atoms with Crippen molar-refractivity contribution in [1.29, 1.82) is 0 Å². The van der Waals surface area contributed by atoms with Gasteiger partial charge in [-0.15, -0.1) is 11.3 Å². The zero-order valence-corrected chi connectivity index (χ0v) is 17.5. The molecule has 0 bridgehead atoms. The summed E-state index contributed by atoms with van der Waals surface area (Å²) in [6.07, 6.45) is 1.97. The highest BCUT2D eigenvalue weighted by Gasteiger charge is 2.07. The number of benzene rings is 1. The highest BCUT2D eigenvalue weighted by atomic mass is 32.1. The average Bonchev–Trinajstić information content (AvgIpc) is 3.29. The predicted molar refractivity (Wildman–Crippen MR) is 114 cm³/mol. The Morgan fingerprint density at radius 1 is 1.11 bits per heavy atom. The summed E-state index contributed by atoms with van der Waals surface area (Å²) >= 11 is 1.70. The van der Waals surface area contributed by atoms with Crippen molar-refractivity contribution in [1.82, 2.24) is 20.6 Å². The number of rotatable bonds is 8. The van der Waals surface area contributed by atoms with Crippen LogP contribution in [0.2, 0.25) is 0 Å². The number of thiazole rings is 1. The molecule has 0 aliphatic rings. The van der Waals surface area contributed by atoms with Gasteiger partial charge in [-0.2, -0.15) is 0 Å². The molecule has 2 aromatic heterocycles. The summed E-state index contributed by atoms with van der Waals surface area (Å²) in [6, 6.07) is 10.5. The van der Waals surface area contributed by atoms with Crippen LogP contribution in [0.1, 0.15) is 40.5 Å². The molecule has 2 heterocycles. The summed E-state index contributed by atoms with van der Waals surface area (Å²) in [5, 5.41) is 9.74. The summed E-state index contributed by atoms with van der Waals surface area (Å²) in [6.45, 7) is 7.73. The number of oxazole rings is 1. The number of aromatic nitrogens is 2. The molecule has 6 nitrogen and oxygen atoms in total. The van der Waals surface area contributed by atoms with Crippen molar-refractivity contribution in [3.05, 3.63) is 69.3 Å².